The van der Waals surface area contributed by atoms with Gasteiger partial charge in [-0.25, -0.2) is 0 Å². The van der Waals surface area contributed by atoms with Crippen LogP contribution in [0.25, 0.3) is 6.08 Å². The summed E-state index contributed by atoms with van der Waals surface area (Å²) in [6.45, 7) is 10.0. The number of Topliss-reactive ketones (excluding diaryl/α,β-unsaturated/α-hetero) is 1. The summed E-state index contributed by atoms with van der Waals surface area (Å²) >= 11 is 0. The summed E-state index contributed by atoms with van der Waals surface area (Å²) in [4.78, 5) is 17.9. The molecule has 5 rings (SSSR count). The van der Waals surface area contributed by atoms with Crippen molar-refractivity contribution < 1.29 is 23.7 Å². The fraction of sp³-hybridized carbons (Fsp3) is 0.344. The molecule has 0 saturated heterocycles. The maximum absolute atomic E-state index is 13.4. The Bertz CT molecular complexity index is 1390. The average molecular weight is 529 g/mol. The molecule has 0 N–H and O–H groups in total. The van der Waals surface area contributed by atoms with Crippen LogP contribution in [-0.2, 0) is 13.0 Å². The van der Waals surface area contributed by atoms with E-state index in [0.717, 1.165) is 59.8 Å². The molecule has 3 aromatic rings. The smallest absolute Gasteiger partial charge is 0.232 e. The fourth-order valence-corrected chi connectivity index (χ4v) is 5.26. The van der Waals surface area contributed by atoms with Crippen LogP contribution >= 0.6 is 0 Å². The summed E-state index contributed by atoms with van der Waals surface area (Å²) in [5, 5.41) is 0. The molecule has 0 unspecified atom stereocenters. The Hall–Kier alpha value is -3.97. The van der Waals surface area contributed by atoms with Crippen LogP contribution in [0.4, 0.5) is 5.69 Å². The molecule has 0 bridgehead atoms. The number of nitrogens with zero attached hydrogens (tertiary/aromatic N) is 2. The number of anilines is 1. The highest BCUT2D eigenvalue weighted by Crippen LogP contribution is 2.44. The molecule has 0 aromatic heterocycles. The van der Waals surface area contributed by atoms with E-state index in [1.165, 1.54) is 5.69 Å². The molecular weight excluding hydrogens is 492 g/mol. The normalized spacial score (nSPS) is 15.4. The minimum absolute atomic E-state index is 0.0828. The van der Waals surface area contributed by atoms with Gasteiger partial charge in [0, 0.05) is 31.9 Å². The third kappa shape index (κ3) is 5.32. The molecule has 0 atom stereocenters. The van der Waals surface area contributed by atoms with Crippen molar-refractivity contribution in [3.63, 3.8) is 0 Å². The lowest BCUT2D eigenvalue weighted by atomic mass is 9.98. The highest BCUT2D eigenvalue weighted by Gasteiger charge is 2.35. The predicted molar refractivity (Wildman–Crippen MR) is 153 cm³/mol. The molecule has 0 radical (unpaired) electrons. The molecule has 7 heteroatoms. The Labute approximate surface area is 230 Å². The summed E-state index contributed by atoms with van der Waals surface area (Å²) in [5.41, 5.74) is 5.66. The Morgan fingerprint density at radius 3 is 2.44 bits per heavy atom. The lowest BCUT2D eigenvalue weighted by Gasteiger charge is -2.30. The zero-order chi connectivity index (χ0) is 27.5. The van der Waals surface area contributed by atoms with Crippen LogP contribution in [0, 0.1) is 6.92 Å². The molecule has 2 aliphatic heterocycles. The summed E-state index contributed by atoms with van der Waals surface area (Å²) in [6, 6.07) is 16.2. The number of rotatable bonds is 9. The summed E-state index contributed by atoms with van der Waals surface area (Å²) in [6.07, 6.45) is 2.65. The van der Waals surface area contributed by atoms with Crippen LogP contribution in [0.1, 0.15) is 46.5 Å². The topological polar surface area (TPSA) is 60.5 Å². The molecule has 2 heterocycles. The molecule has 0 spiro atoms. The van der Waals surface area contributed by atoms with Crippen molar-refractivity contribution in [3.8, 4) is 23.0 Å². The Balaban J connectivity index is 1.33. The van der Waals surface area contributed by atoms with Crippen molar-refractivity contribution in [1.29, 1.82) is 0 Å². The lowest BCUT2D eigenvalue weighted by Crippen LogP contribution is -2.34. The van der Waals surface area contributed by atoms with Crippen LogP contribution in [0.2, 0.25) is 0 Å². The summed E-state index contributed by atoms with van der Waals surface area (Å²) in [5.74, 6) is 3.11. The molecule has 0 amide bonds. The molecule has 3 aromatic carbocycles. The van der Waals surface area contributed by atoms with Gasteiger partial charge in [0.05, 0.1) is 25.3 Å². The predicted octanol–water partition coefficient (Wildman–Crippen LogP) is 5.87. The third-order valence-electron chi connectivity index (χ3n) is 7.47. The van der Waals surface area contributed by atoms with E-state index in [4.69, 9.17) is 18.9 Å². The number of ketones is 1. The number of carbonyl (C=O) groups excluding carboxylic acids is 1. The highest BCUT2D eigenvalue weighted by molar-refractivity contribution is 6.15. The second-order valence-electron chi connectivity index (χ2n) is 9.84. The molecule has 0 fully saturated rings. The lowest BCUT2D eigenvalue weighted by molar-refractivity contribution is 0.0949. The van der Waals surface area contributed by atoms with Gasteiger partial charge in [-0.15, -0.1) is 0 Å². The molecule has 39 heavy (non-hydrogen) atoms. The van der Waals surface area contributed by atoms with Crippen molar-refractivity contribution in [1.82, 2.24) is 4.90 Å². The number of carbonyl (C=O) groups is 1. The van der Waals surface area contributed by atoms with Crippen molar-refractivity contribution >= 4 is 17.5 Å². The average Bonchev–Trinajstić information content (AvgIpc) is 3.29. The van der Waals surface area contributed by atoms with Gasteiger partial charge in [-0.3, -0.25) is 9.69 Å². The molecule has 204 valence electrons. The van der Waals surface area contributed by atoms with Gasteiger partial charge in [-0.1, -0.05) is 18.2 Å². The van der Waals surface area contributed by atoms with Gasteiger partial charge < -0.3 is 23.8 Å². The number of methoxy groups -OCH3 is 2. The molecular formula is C32H36N2O5. The molecule has 2 aliphatic rings. The van der Waals surface area contributed by atoms with Gasteiger partial charge in [0.15, 0.2) is 17.3 Å². The molecule has 7 nitrogen and oxygen atoms in total. The highest BCUT2D eigenvalue weighted by atomic mass is 16.5. The first-order chi connectivity index (χ1) is 18.9. The van der Waals surface area contributed by atoms with Crippen molar-refractivity contribution in [2.75, 3.05) is 45.5 Å². The van der Waals surface area contributed by atoms with Gasteiger partial charge in [-0.05, 0) is 80.3 Å². The van der Waals surface area contributed by atoms with Gasteiger partial charge >= 0.3 is 0 Å². The second kappa shape index (κ2) is 11.4. The van der Waals surface area contributed by atoms with Crippen LogP contribution in [0.15, 0.2) is 54.3 Å². The molecule has 0 saturated carbocycles. The second-order valence-corrected chi connectivity index (χ2v) is 9.84. The van der Waals surface area contributed by atoms with Crippen molar-refractivity contribution in [2.24, 2.45) is 0 Å². The van der Waals surface area contributed by atoms with Crippen LogP contribution in [-0.4, -0.2) is 51.3 Å². The first kappa shape index (κ1) is 26.6. The van der Waals surface area contributed by atoms with Gasteiger partial charge in [-0.2, -0.15) is 0 Å². The maximum Gasteiger partial charge on any atom is 0.232 e. The van der Waals surface area contributed by atoms with E-state index in [2.05, 4.69) is 41.8 Å². The number of allylic oxidation sites excluding steroid dienone is 1. The largest absolute Gasteiger partial charge is 0.493 e. The van der Waals surface area contributed by atoms with E-state index >= 15 is 0 Å². The number of aryl methyl sites for hydroxylation is 1. The first-order valence-electron chi connectivity index (χ1n) is 13.5. The number of benzene rings is 3. The Kier molecular flexibility index (Phi) is 7.79. The van der Waals surface area contributed by atoms with Gasteiger partial charge in [0.2, 0.25) is 5.78 Å². The molecule has 0 aliphatic carbocycles. The SMILES string of the molecule is CCN(CC)c1ccc(/C=C2/Oc3c4c(cc(C)c3C2=O)OCN(CCc2ccc(OC)c(OC)c2)C4)cc1. The Morgan fingerprint density at radius 2 is 1.74 bits per heavy atom. The van der Waals surface area contributed by atoms with Crippen LogP contribution in [0.3, 0.4) is 0 Å². The number of hydrogen-bond acceptors (Lipinski definition) is 7. The standard InChI is InChI=1S/C32H36N2O5/c1-6-34(7-2)24-11-8-22(9-12-24)18-29-31(35)30-21(3)16-27-25(32(30)39-29)19-33(20-38-27)15-14-23-10-13-26(36-4)28(17-23)37-5/h8-13,16-18H,6-7,14-15,19-20H2,1-5H3/b29-18+. The quantitative estimate of drug-likeness (QED) is 0.322. The van der Waals surface area contributed by atoms with Gasteiger partial charge in [0.25, 0.3) is 0 Å². The minimum Gasteiger partial charge on any atom is -0.493 e. The number of hydrogen-bond donors (Lipinski definition) is 0. The first-order valence-corrected chi connectivity index (χ1v) is 13.5. The summed E-state index contributed by atoms with van der Waals surface area (Å²) < 4.78 is 23.2. The van der Waals surface area contributed by atoms with Crippen LogP contribution < -0.4 is 23.8 Å². The number of ether oxygens (including phenoxy) is 4. The van der Waals surface area contributed by atoms with Crippen molar-refractivity contribution in [3.05, 3.63) is 82.1 Å². The fourth-order valence-electron chi connectivity index (χ4n) is 5.26. The monoisotopic (exact) mass is 528 g/mol. The Morgan fingerprint density at radius 1 is 1.00 bits per heavy atom. The van der Waals surface area contributed by atoms with Gasteiger partial charge in [0.1, 0.15) is 18.2 Å². The van der Waals surface area contributed by atoms with E-state index in [1.54, 1.807) is 14.2 Å². The van der Waals surface area contributed by atoms with E-state index in [-0.39, 0.29) is 5.78 Å². The summed E-state index contributed by atoms with van der Waals surface area (Å²) in [7, 11) is 3.28. The van der Waals surface area contributed by atoms with Crippen LogP contribution in [0.5, 0.6) is 23.0 Å². The van der Waals surface area contributed by atoms with Crippen molar-refractivity contribution in [2.45, 2.75) is 33.7 Å². The zero-order valence-electron chi connectivity index (χ0n) is 23.4. The zero-order valence-corrected chi connectivity index (χ0v) is 23.4. The van der Waals surface area contributed by atoms with E-state index in [1.807, 2.05) is 43.3 Å². The number of fused-ring (bicyclic) bond motifs is 3. The van der Waals surface area contributed by atoms with E-state index < -0.39 is 0 Å². The minimum atomic E-state index is -0.0828. The van der Waals surface area contributed by atoms with E-state index in [0.29, 0.717) is 36.1 Å². The third-order valence-corrected chi connectivity index (χ3v) is 7.47. The van der Waals surface area contributed by atoms with E-state index in [9.17, 15) is 4.79 Å². The maximum atomic E-state index is 13.4.